The van der Waals surface area contributed by atoms with Crippen molar-refractivity contribution >= 4 is 46.3 Å². The van der Waals surface area contributed by atoms with Gasteiger partial charge in [0.25, 0.3) is 5.91 Å². The molecule has 0 aliphatic carbocycles. The minimum atomic E-state index is -0.462. The maximum absolute atomic E-state index is 13.1. The minimum absolute atomic E-state index is 0.0658. The number of rotatable bonds is 5. The summed E-state index contributed by atoms with van der Waals surface area (Å²) >= 11 is 0. The van der Waals surface area contributed by atoms with Crippen LogP contribution in [0.15, 0.2) is 52.6 Å². The highest BCUT2D eigenvalue weighted by molar-refractivity contribution is 6.00. The van der Waals surface area contributed by atoms with Crippen molar-refractivity contribution in [3.63, 3.8) is 0 Å². The van der Waals surface area contributed by atoms with Crippen molar-refractivity contribution in [3.05, 3.63) is 54.1 Å². The molecule has 0 radical (unpaired) electrons. The van der Waals surface area contributed by atoms with Gasteiger partial charge in [0.05, 0.1) is 23.4 Å². The molecule has 1 aromatic carbocycles. The molecule has 0 saturated heterocycles. The predicted molar refractivity (Wildman–Crippen MR) is 123 cm³/mol. The van der Waals surface area contributed by atoms with Gasteiger partial charge in [-0.05, 0) is 31.2 Å². The highest BCUT2D eigenvalue weighted by Gasteiger charge is 2.20. The van der Waals surface area contributed by atoms with Gasteiger partial charge in [-0.2, -0.15) is 0 Å². The van der Waals surface area contributed by atoms with Crippen LogP contribution in [0, 0.1) is 5.82 Å². The summed E-state index contributed by atoms with van der Waals surface area (Å²) < 4.78 is 19.0. The summed E-state index contributed by atoms with van der Waals surface area (Å²) in [5.74, 6) is 1.08. The molecule has 4 rings (SSSR count). The van der Waals surface area contributed by atoms with E-state index < -0.39 is 11.7 Å². The van der Waals surface area contributed by atoms with Gasteiger partial charge in [-0.3, -0.25) is 4.79 Å². The van der Waals surface area contributed by atoms with Crippen LogP contribution in [-0.2, 0) is 0 Å². The third-order valence-electron chi connectivity index (χ3n) is 4.38. The van der Waals surface area contributed by atoms with Gasteiger partial charge in [-0.25, -0.2) is 19.4 Å². The van der Waals surface area contributed by atoms with E-state index in [0.29, 0.717) is 46.1 Å². The van der Waals surface area contributed by atoms with Crippen LogP contribution in [0.1, 0.15) is 17.4 Å². The number of nitrogens with one attached hydrogen (secondary N) is 3. The van der Waals surface area contributed by atoms with Crippen LogP contribution in [0.3, 0.4) is 0 Å². The van der Waals surface area contributed by atoms with E-state index in [1.807, 2.05) is 0 Å². The fraction of sp³-hybridized carbons (Fsp3) is 0.143. The molecule has 1 aliphatic rings. The van der Waals surface area contributed by atoms with Gasteiger partial charge in [-0.15, -0.1) is 10.2 Å². The van der Waals surface area contributed by atoms with E-state index in [4.69, 9.17) is 10.5 Å². The van der Waals surface area contributed by atoms with E-state index in [1.54, 1.807) is 31.2 Å². The Morgan fingerprint density at radius 3 is 2.73 bits per heavy atom. The zero-order valence-corrected chi connectivity index (χ0v) is 17.8. The predicted octanol–water partition coefficient (Wildman–Crippen LogP) is 2.66. The average molecular weight is 449 g/mol. The van der Waals surface area contributed by atoms with Gasteiger partial charge in [0, 0.05) is 13.1 Å². The summed E-state index contributed by atoms with van der Waals surface area (Å²) in [5, 5.41) is 16.7. The number of para-hydroxylation sites is 1. The number of nitrogens with two attached hydrogens (primary N) is 1. The number of carbonyl (C=O) groups excluding carboxylic acids is 1. The number of ether oxygens (including phenoxy) is 1. The number of aliphatic imine (C=N–C) groups is 2. The summed E-state index contributed by atoms with van der Waals surface area (Å²) in [5.41, 5.74) is 7.18. The lowest BCUT2D eigenvalue weighted by molar-refractivity contribution is 0.0958. The molecule has 0 bridgehead atoms. The molecule has 1 amide bonds. The van der Waals surface area contributed by atoms with E-state index in [-0.39, 0.29) is 12.3 Å². The first-order valence-corrected chi connectivity index (χ1v) is 9.82. The molecule has 12 heteroatoms. The van der Waals surface area contributed by atoms with Crippen LogP contribution >= 0.6 is 0 Å². The molecule has 3 aromatic rings. The number of pyridine rings is 1. The number of anilines is 4. The molecular formula is C21H20FN9O2. The van der Waals surface area contributed by atoms with E-state index in [0.717, 1.165) is 6.20 Å². The smallest absolute Gasteiger partial charge is 0.273 e. The highest BCUT2D eigenvalue weighted by Crippen LogP contribution is 2.39. The topological polar surface area (TPSA) is 152 Å². The highest BCUT2D eigenvalue weighted by atomic mass is 19.1. The maximum Gasteiger partial charge on any atom is 0.273 e. The monoisotopic (exact) mass is 449 g/mol. The largest absolute Gasteiger partial charge is 0.481 e. The summed E-state index contributed by atoms with van der Waals surface area (Å²) in [7, 11) is 1.49. The number of amidine groups is 2. The fourth-order valence-corrected chi connectivity index (χ4v) is 2.99. The van der Waals surface area contributed by atoms with Gasteiger partial charge in [-0.1, -0.05) is 6.07 Å². The maximum atomic E-state index is 13.1. The number of nitrogens with zero attached hydrogens (tertiary/aromatic N) is 5. The lowest BCUT2D eigenvalue weighted by Gasteiger charge is -2.19. The van der Waals surface area contributed by atoms with E-state index in [9.17, 15) is 9.18 Å². The van der Waals surface area contributed by atoms with Gasteiger partial charge in [0.15, 0.2) is 23.1 Å². The molecule has 0 unspecified atom stereocenters. The zero-order chi connectivity index (χ0) is 23.4. The Kier molecular flexibility index (Phi) is 6.06. The lowest BCUT2D eigenvalue weighted by Crippen LogP contribution is -2.22. The average Bonchev–Trinajstić information content (AvgIpc) is 2.80. The van der Waals surface area contributed by atoms with Crippen molar-refractivity contribution in [1.82, 2.24) is 20.5 Å². The summed E-state index contributed by atoms with van der Waals surface area (Å²) in [6.45, 7) is 1.81. The fourth-order valence-electron chi connectivity index (χ4n) is 2.99. The minimum Gasteiger partial charge on any atom is -0.481 e. The van der Waals surface area contributed by atoms with E-state index in [1.165, 1.54) is 19.2 Å². The number of amides is 1. The third kappa shape index (κ3) is 5.01. The van der Waals surface area contributed by atoms with Crippen molar-refractivity contribution in [1.29, 1.82) is 0 Å². The number of fused-ring (bicyclic) bond motifs is 1. The first-order chi connectivity index (χ1) is 15.9. The molecule has 2 aromatic heterocycles. The molecule has 0 atom stereocenters. The van der Waals surface area contributed by atoms with E-state index in [2.05, 4.69) is 41.1 Å². The number of hydrogen-bond donors (Lipinski definition) is 4. The molecule has 3 heterocycles. The second-order valence-electron chi connectivity index (χ2n) is 6.91. The van der Waals surface area contributed by atoms with Gasteiger partial charge in [0.1, 0.15) is 23.9 Å². The first-order valence-electron chi connectivity index (χ1n) is 9.82. The lowest BCUT2D eigenvalue weighted by atomic mass is 10.2. The quantitative estimate of drug-likeness (QED) is 0.343. The van der Waals surface area contributed by atoms with Crippen molar-refractivity contribution in [2.45, 2.75) is 6.92 Å². The number of aromatic nitrogens is 3. The van der Waals surface area contributed by atoms with Crippen LogP contribution in [0.2, 0.25) is 0 Å². The van der Waals surface area contributed by atoms with Gasteiger partial charge >= 0.3 is 0 Å². The van der Waals surface area contributed by atoms with Crippen LogP contribution in [0.5, 0.6) is 5.75 Å². The summed E-state index contributed by atoms with van der Waals surface area (Å²) in [6, 6.07) is 9.64. The number of hydrogen-bond acceptors (Lipinski definition) is 9. The van der Waals surface area contributed by atoms with Crippen molar-refractivity contribution in [3.8, 4) is 5.75 Å². The van der Waals surface area contributed by atoms with Crippen LogP contribution in [0.4, 0.5) is 33.1 Å². The molecule has 1 aliphatic heterocycles. The Balaban J connectivity index is 1.68. The van der Waals surface area contributed by atoms with Crippen LogP contribution < -0.4 is 26.4 Å². The van der Waals surface area contributed by atoms with E-state index >= 15 is 0 Å². The Hall–Kier alpha value is -4.61. The molecule has 11 nitrogen and oxygen atoms in total. The molecule has 0 fully saturated rings. The Morgan fingerprint density at radius 2 is 2.00 bits per heavy atom. The molecule has 33 heavy (non-hydrogen) atoms. The Morgan fingerprint density at radius 1 is 1.15 bits per heavy atom. The molecule has 0 saturated carbocycles. The second-order valence-corrected chi connectivity index (χ2v) is 6.91. The van der Waals surface area contributed by atoms with Gasteiger partial charge < -0.3 is 26.4 Å². The van der Waals surface area contributed by atoms with Crippen molar-refractivity contribution in [2.75, 3.05) is 24.3 Å². The number of halogens is 1. The number of carbonyl (C=O) groups is 1. The number of benzene rings is 1. The molecular weight excluding hydrogens is 429 g/mol. The van der Waals surface area contributed by atoms with Crippen LogP contribution in [-0.4, -0.2) is 46.4 Å². The van der Waals surface area contributed by atoms with Crippen molar-refractivity contribution in [2.24, 2.45) is 15.7 Å². The second kappa shape index (κ2) is 9.26. The summed E-state index contributed by atoms with van der Waals surface area (Å²) in [4.78, 5) is 24.9. The standard InChI is InChI=1S/C21H20FN9O2/c1-11(23)26-18-10-33-20-13(4-3-5-14(20)28-18)27-15-8-17(30-31-19(15)21(32)24-2)29-16-7-6-12(22)9-25-16/h3-9H,10H2,1-2H3,(H,24,32)(H2,23,26,28)(H2,25,27,29,30). The molecule has 168 valence electrons. The third-order valence-corrected chi connectivity index (χ3v) is 4.38. The zero-order valence-electron chi connectivity index (χ0n) is 17.8. The van der Waals surface area contributed by atoms with Gasteiger partial charge in [0.2, 0.25) is 0 Å². The Bertz CT molecular complexity index is 1260. The Labute approximate surface area is 188 Å². The van der Waals surface area contributed by atoms with Crippen molar-refractivity contribution < 1.29 is 13.9 Å². The summed E-state index contributed by atoms with van der Waals surface area (Å²) in [6.07, 6.45) is 1.08. The van der Waals surface area contributed by atoms with Crippen LogP contribution in [0.25, 0.3) is 0 Å². The molecule has 0 spiro atoms. The molecule has 5 N–H and O–H groups in total. The SMILES string of the molecule is CNC(=O)c1nnc(Nc2ccc(F)cn2)cc1Nc1cccc2c1OCC(N=C(C)N)=N2. The first kappa shape index (κ1) is 21.6. The normalized spacial score (nSPS) is 12.8.